The van der Waals surface area contributed by atoms with Crippen LogP contribution in [0, 0.1) is 0 Å². The fourth-order valence-electron chi connectivity index (χ4n) is 0.915. The Balaban J connectivity index is 2.52. The second-order valence-corrected chi connectivity index (χ2v) is 3.24. The van der Waals surface area contributed by atoms with Gasteiger partial charge in [0.15, 0.2) is 0 Å². The minimum Gasteiger partial charge on any atom is -0.368 e. The molecule has 3 N–H and O–H groups in total. The van der Waals surface area contributed by atoms with Crippen LogP contribution in [-0.4, -0.2) is 29.3 Å². The van der Waals surface area contributed by atoms with E-state index in [0.717, 1.165) is 0 Å². The molecule has 0 saturated heterocycles. The first-order valence-corrected chi connectivity index (χ1v) is 5.04. The monoisotopic (exact) mass is 323 g/mol. The number of halogens is 1. The van der Waals surface area contributed by atoms with Crippen molar-refractivity contribution in [3.05, 3.63) is 23.9 Å². The first-order chi connectivity index (χ1) is 7.27. The zero-order valence-corrected chi connectivity index (χ0v) is 9.89. The Labute approximate surface area is 101 Å². The lowest BCUT2D eigenvalue weighted by molar-refractivity contribution is 0.0706. The lowest BCUT2D eigenvalue weighted by atomic mass is 10.3. The molecule has 0 aromatic carbocycles. The fourth-order valence-corrected chi connectivity index (χ4v) is 1.14. The highest BCUT2D eigenvalue weighted by Gasteiger charge is 2.03. The topological polar surface area (TPSA) is 83.5 Å². The van der Waals surface area contributed by atoms with E-state index >= 15 is 0 Å². The van der Waals surface area contributed by atoms with Gasteiger partial charge in [-0.3, -0.25) is 10.0 Å². The van der Waals surface area contributed by atoms with Gasteiger partial charge in [0, 0.05) is 12.7 Å². The number of nitrogens with one attached hydrogen (secondary N) is 2. The van der Waals surface area contributed by atoms with Crippen LogP contribution in [0.25, 0.3) is 0 Å². The van der Waals surface area contributed by atoms with Crippen LogP contribution in [0.5, 0.6) is 0 Å². The number of nitrogens with zero attached hydrogens (tertiary/aromatic N) is 1. The van der Waals surface area contributed by atoms with Crippen molar-refractivity contribution in [2.45, 2.75) is 0 Å². The van der Waals surface area contributed by atoms with Gasteiger partial charge in [0.2, 0.25) is 0 Å². The second kappa shape index (κ2) is 6.53. The molecule has 0 fully saturated rings. The molecule has 0 aliphatic heterocycles. The number of aromatic nitrogens is 1. The van der Waals surface area contributed by atoms with E-state index < -0.39 is 5.91 Å². The number of carbonyl (C=O) groups excluding carboxylic acids is 1. The fraction of sp³-hybridized carbons (Fsp3) is 0.250. The third kappa shape index (κ3) is 3.98. The highest BCUT2D eigenvalue weighted by Crippen LogP contribution is 2.04. The average molecular weight is 323 g/mol. The van der Waals surface area contributed by atoms with Crippen LogP contribution in [0.2, 0.25) is 0 Å². The van der Waals surface area contributed by atoms with Crippen molar-refractivity contribution < 1.29 is 13.1 Å². The SMILES string of the molecule is O=C(NO)c1ccc(NCCOI)nc1. The largest absolute Gasteiger partial charge is 0.368 e. The van der Waals surface area contributed by atoms with Crippen LogP contribution < -0.4 is 10.8 Å². The molecule has 0 aliphatic rings. The minimum atomic E-state index is -0.579. The van der Waals surface area contributed by atoms with E-state index in [9.17, 15) is 4.79 Å². The number of hydroxylamine groups is 1. The Bertz CT molecular complexity index is 317. The van der Waals surface area contributed by atoms with Crippen LogP contribution in [0.15, 0.2) is 18.3 Å². The summed E-state index contributed by atoms with van der Waals surface area (Å²) in [5.41, 5.74) is 1.83. The maximum absolute atomic E-state index is 10.9. The van der Waals surface area contributed by atoms with Crippen LogP contribution >= 0.6 is 23.0 Å². The highest BCUT2D eigenvalue weighted by molar-refractivity contribution is 14.1. The van der Waals surface area contributed by atoms with Crippen LogP contribution in [0.4, 0.5) is 5.82 Å². The molecule has 6 nitrogen and oxygen atoms in total. The standard InChI is InChI=1S/C8H10IN3O3/c9-15-4-3-10-7-2-1-6(5-11-7)8(13)12-14/h1-2,5,14H,3-4H2,(H,10,11)(H,12,13). The number of rotatable bonds is 5. The van der Waals surface area contributed by atoms with Gasteiger partial charge >= 0.3 is 0 Å². The molecule has 15 heavy (non-hydrogen) atoms. The molecule has 0 aliphatic carbocycles. The lowest BCUT2D eigenvalue weighted by Crippen LogP contribution is -2.18. The quantitative estimate of drug-likeness (QED) is 0.326. The van der Waals surface area contributed by atoms with Crippen LogP contribution in [0.1, 0.15) is 10.4 Å². The number of pyridine rings is 1. The van der Waals surface area contributed by atoms with Crippen molar-refractivity contribution in [1.82, 2.24) is 10.5 Å². The van der Waals surface area contributed by atoms with E-state index in [-0.39, 0.29) is 0 Å². The van der Waals surface area contributed by atoms with Crippen molar-refractivity contribution in [2.24, 2.45) is 0 Å². The summed E-state index contributed by atoms with van der Waals surface area (Å²) in [5, 5.41) is 11.4. The van der Waals surface area contributed by atoms with Gasteiger partial charge in [0.1, 0.15) is 28.8 Å². The number of amides is 1. The highest BCUT2D eigenvalue weighted by atomic mass is 127. The first kappa shape index (κ1) is 12.1. The molecule has 1 rings (SSSR count). The maximum atomic E-state index is 10.9. The predicted octanol–water partition coefficient (Wildman–Crippen LogP) is 0.979. The minimum absolute atomic E-state index is 0.299. The van der Waals surface area contributed by atoms with E-state index in [1.807, 2.05) is 23.0 Å². The van der Waals surface area contributed by atoms with Gasteiger partial charge in [-0.15, -0.1) is 0 Å². The summed E-state index contributed by atoms with van der Waals surface area (Å²) < 4.78 is 4.83. The maximum Gasteiger partial charge on any atom is 0.276 e. The van der Waals surface area contributed by atoms with Crippen LogP contribution in [0.3, 0.4) is 0 Å². The Hall–Kier alpha value is -0.930. The summed E-state index contributed by atoms with van der Waals surface area (Å²) in [6, 6.07) is 3.21. The van der Waals surface area contributed by atoms with Crippen molar-refractivity contribution in [3.8, 4) is 0 Å². The lowest BCUT2D eigenvalue weighted by Gasteiger charge is -2.04. The van der Waals surface area contributed by atoms with Gasteiger partial charge < -0.3 is 8.38 Å². The van der Waals surface area contributed by atoms with Crippen molar-refractivity contribution in [2.75, 3.05) is 18.5 Å². The molecule has 1 aromatic rings. The Morgan fingerprint density at radius 3 is 2.93 bits per heavy atom. The molecular formula is C8H10IN3O3. The van der Waals surface area contributed by atoms with E-state index in [4.69, 9.17) is 8.27 Å². The van der Waals surface area contributed by atoms with Crippen LogP contribution in [-0.2, 0) is 3.07 Å². The number of carbonyl (C=O) groups is 1. The van der Waals surface area contributed by atoms with E-state index in [2.05, 4.69) is 10.3 Å². The molecule has 0 bridgehead atoms. The zero-order valence-electron chi connectivity index (χ0n) is 7.74. The smallest absolute Gasteiger partial charge is 0.276 e. The Morgan fingerprint density at radius 1 is 1.60 bits per heavy atom. The summed E-state index contributed by atoms with van der Waals surface area (Å²) in [5.74, 6) is 0.0718. The Kier molecular flexibility index (Phi) is 5.29. The summed E-state index contributed by atoms with van der Waals surface area (Å²) in [4.78, 5) is 14.9. The first-order valence-electron chi connectivity index (χ1n) is 4.16. The van der Waals surface area contributed by atoms with Crippen molar-refractivity contribution >= 4 is 34.7 Å². The third-order valence-electron chi connectivity index (χ3n) is 1.61. The number of anilines is 1. The van der Waals surface area contributed by atoms with Gasteiger partial charge in [-0.25, -0.2) is 10.5 Å². The molecule has 7 heteroatoms. The molecule has 1 heterocycles. The summed E-state index contributed by atoms with van der Waals surface area (Å²) in [6.45, 7) is 1.21. The molecule has 0 unspecified atom stereocenters. The molecule has 0 spiro atoms. The molecule has 82 valence electrons. The third-order valence-corrected chi connectivity index (χ3v) is 2.05. The van der Waals surface area contributed by atoms with Crippen molar-refractivity contribution in [1.29, 1.82) is 0 Å². The van der Waals surface area contributed by atoms with E-state index in [1.54, 1.807) is 12.1 Å². The average Bonchev–Trinajstić information content (AvgIpc) is 2.29. The molecule has 1 amide bonds. The van der Waals surface area contributed by atoms with E-state index in [1.165, 1.54) is 11.7 Å². The van der Waals surface area contributed by atoms with Gasteiger partial charge in [-0.05, 0) is 12.1 Å². The predicted molar refractivity (Wildman–Crippen MR) is 62.0 cm³/mol. The summed E-state index contributed by atoms with van der Waals surface area (Å²) in [6.07, 6.45) is 1.37. The second-order valence-electron chi connectivity index (χ2n) is 2.61. The molecule has 0 atom stereocenters. The Morgan fingerprint density at radius 2 is 2.40 bits per heavy atom. The van der Waals surface area contributed by atoms with Crippen molar-refractivity contribution in [3.63, 3.8) is 0 Å². The number of hydrogen-bond acceptors (Lipinski definition) is 5. The molecule has 1 aromatic heterocycles. The van der Waals surface area contributed by atoms with Gasteiger partial charge in [-0.2, -0.15) is 0 Å². The summed E-state index contributed by atoms with van der Waals surface area (Å²) >= 11 is 1.81. The molecule has 0 radical (unpaired) electrons. The van der Waals surface area contributed by atoms with Gasteiger partial charge in [0.25, 0.3) is 5.91 Å². The van der Waals surface area contributed by atoms with Gasteiger partial charge in [0.05, 0.1) is 12.2 Å². The molecule has 0 saturated carbocycles. The molecular weight excluding hydrogens is 313 g/mol. The summed E-state index contributed by atoms with van der Waals surface area (Å²) in [7, 11) is 0. The van der Waals surface area contributed by atoms with Gasteiger partial charge in [-0.1, -0.05) is 0 Å². The zero-order chi connectivity index (χ0) is 11.1. The van der Waals surface area contributed by atoms with E-state index in [0.29, 0.717) is 24.5 Å². The number of hydrogen-bond donors (Lipinski definition) is 3. The normalized spacial score (nSPS) is 9.73.